The van der Waals surface area contributed by atoms with Crippen molar-refractivity contribution in [1.82, 2.24) is 15.0 Å². The monoisotopic (exact) mass is 275 g/mol. The summed E-state index contributed by atoms with van der Waals surface area (Å²) in [7, 11) is 1.71. The molecule has 0 aliphatic rings. The molecular weight excluding hydrogens is 258 g/mol. The third-order valence-corrected chi connectivity index (χ3v) is 3.43. The normalized spacial score (nSPS) is 10.6. The van der Waals surface area contributed by atoms with Crippen molar-refractivity contribution < 1.29 is 4.74 Å². The van der Waals surface area contributed by atoms with E-state index in [0.717, 1.165) is 35.2 Å². The number of aryl methyl sites for hydroxylation is 1. The molecule has 19 heavy (non-hydrogen) atoms. The van der Waals surface area contributed by atoms with Crippen LogP contribution in [0.2, 0.25) is 0 Å². The summed E-state index contributed by atoms with van der Waals surface area (Å²) in [6, 6.07) is 7.80. The van der Waals surface area contributed by atoms with Gasteiger partial charge < -0.3 is 4.74 Å². The zero-order valence-electron chi connectivity index (χ0n) is 11.2. The van der Waals surface area contributed by atoms with Crippen LogP contribution in [0.3, 0.4) is 0 Å². The van der Waals surface area contributed by atoms with E-state index in [9.17, 15) is 0 Å². The molecule has 0 aromatic carbocycles. The summed E-state index contributed by atoms with van der Waals surface area (Å²) in [6.45, 7) is 2.81. The fourth-order valence-corrected chi connectivity index (χ4v) is 2.40. The zero-order chi connectivity index (χ0) is 13.5. The number of methoxy groups -OCH3 is 1. The largest absolute Gasteiger partial charge is 0.384 e. The van der Waals surface area contributed by atoms with Gasteiger partial charge in [0.25, 0.3) is 0 Å². The van der Waals surface area contributed by atoms with Crippen molar-refractivity contribution in [3.63, 3.8) is 0 Å². The molecule has 0 atom stereocenters. The second-order valence-electron chi connectivity index (χ2n) is 3.93. The van der Waals surface area contributed by atoms with Gasteiger partial charge in [0.05, 0.1) is 6.61 Å². The van der Waals surface area contributed by atoms with Crippen LogP contribution in [0.15, 0.2) is 35.5 Å². The molecule has 2 aromatic rings. The lowest BCUT2D eigenvalue weighted by atomic mass is 10.3. The Hall–Kier alpha value is -1.46. The molecule has 2 aromatic heterocycles. The molecule has 0 spiro atoms. The maximum Gasteiger partial charge on any atom is 0.179 e. The molecule has 0 saturated carbocycles. The fraction of sp³-hybridized carbons (Fsp3) is 0.357. The summed E-state index contributed by atoms with van der Waals surface area (Å²) in [6.07, 6.45) is 2.65. The van der Waals surface area contributed by atoms with Crippen LogP contribution in [0.1, 0.15) is 12.6 Å². The van der Waals surface area contributed by atoms with Gasteiger partial charge in [0, 0.05) is 24.8 Å². The van der Waals surface area contributed by atoms with Gasteiger partial charge in [-0.2, -0.15) is 0 Å². The van der Waals surface area contributed by atoms with E-state index >= 15 is 0 Å². The minimum Gasteiger partial charge on any atom is -0.384 e. The van der Waals surface area contributed by atoms with Gasteiger partial charge in [-0.15, -0.1) is 11.8 Å². The lowest BCUT2D eigenvalue weighted by Gasteiger charge is -2.06. The summed E-state index contributed by atoms with van der Waals surface area (Å²) < 4.78 is 5.06. The van der Waals surface area contributed by atoms with Crippen molar-refractivity contribution in [1.29, 1.82) is 0 Å². The topological polar surface area (TPSA) is 47.9 Å². The number of ether oxygens (including phenoxy) is 1. The highest BCUT2D eigenvalue weighted by Gasteiger charge is 2.07. The quantitative estimate of drug-likeness (QED) is 0.461. The van der Waals surface area contributed by atoms with Crippen LogP contribution in [0.25, 0.3) is 11.5 Å². The van der Waals surface area contributed by atoms with E-state index in [1.54, 1.807) is 25.1 Å². The number of nitrogens with zero attached hydrogens (tertiary/aromatic N) is 3. The number of thioether (sulfide) groups is 1. The first-order valence-corrected chi connectivity index (χ1v) is 7.23. The number of hydrogen-bond acceptors (Lipinski definition) is 5. The standard InChI is InChI=1S/C14H17N3OS/c1-3-11-10-13(19-9-8-18-2)17-14(16-11)12-6-4-5-7-15-12/h4-7,10H,3,8-9H2,1-2H3. The molecule has 0 fully saturated rings. The summed E-state index contributed by atoms with van der Waals surface area (Å²) in [5.74, 6) is 1.58. The number of rotatable bonds is 6. The lowest BCUT2D eigenvalue weighted by Crippen LogP contribution is -1.99. The molecule has 5 heteroatoms. The van der Waals surface area contributed by atoms with E-state index in [0.29, 0.717) is 5.82 Å². The predicted molar refractivity (Wildman–Crippen MR) is 77.2 cm³/mol. The Labute approximate surface area is 117 Å². The Morgan fingerprint density at radius 2 is 2.16 bits per heavy atom. The van der Waals surface area contributed by atoms with Gasteiger partial charge >= 0.3 is 0 Å². The number of aromatic nitrogens is 3. The van der Waals surface area contributed by atoms with Crippen molar-refractivity contribution in [3.05, 3.63) is 36.2 Å². The molecule has 0 saturated heterocycles. The first kappa shape index (κ1) is 14.0. The molecule has 0 radical (unpaired) electrons. The van der Waals surface area contributed by atoms with E-state index < -0.39 is 0 Å². The Morgan fingerprint density at radius 3 is 2.84 bits per heavy atom. The summed E-state index contributed by atoms with van der Waals surface area (Å²) in [5, 5.41) is 0.976. The maximum atomic E-state index is 5.06. The first-order valence-electron chi connectivity index (χ1n) is 6.24. The van der Waals surface area contributed by atoms with E-state index in [1.165, 1.54) is 0 Å². The van der Waals surface area contributed by atoms with E-state index in [1.807, 2.05) is 24.3 Å². The van der Waals surface area contributed by atoms with Crippen LogP contribution in [0.5, 0.6) is 0 Å². The zero-order valence-corrected chi connectivity index (χ0v) is 12.0. The van der Waals surface area contributed by atoms with Crippen LogP contribution in [0, 0.1) is 0 Å². The van der Waals surface area contributed by atoms with Gasteiger partial charge in [-0.3, -0.25) is 4.98 Å². The molecule has 0 aliphatic heterocycles. The molecule has 100 valence electrons. The van der Waals surface area contributed by atoms with Crippen LogP contribution in [-0.2, 0) is 11.2 Å². The van der Waals surface area contributed by atoms with E-state index in [4.69, 9.17) is 4.74 Å². The van der Waals surface area contributed by atoms with Crippen molar-refractivity contribution in [2.75, 3.05) is 19.5 Å². The second kappa shape index (κ2) is 7.21. The summed E-state index contributed by atoms with van der Waals surface area (Å²) in [4.78, 5) is 13.4. The SMILES string of the molecule is CCc1cc(SCCOC)nc(-c2ccccn2)n1. The minimum absolute atomic E-state index is 0.694. The number of pyridine rings is 1. The highest BCUT2D eigenvalue weighted by atomic mass is 32.2. The third kappa shape index (κ3) is 4.01. The van der Waals surface area contributed by atoms with Crippen LogP contribution >= 0.6 is 11.8 Å². The molecule has 2 heterocycles. The van der Waals surface area contributed by atoms with Gasteiger partial charge in [0.2, 0.25) is 0 Å². The van der Waals surface area contributed by atoms with Crippen molar-refractivity contribution in [3.8, 4) is 11.5 Å². The molecule has 0 aliphatic carbocycles. The fourth-order valence-electron chi connectivity index (χ4n) is 1.57. The van der Waals surface area contributed by atoms with E-state index in [2.05, 4.69) is 21.9 Å². The van der Waals surface area contributed by atoms with Gasteiger partial charge in [0.15, 0.2) is 5.82 Å². The van der Waals surface area contributed by atoms with Crippen molar-refractivity contribution in [2.45, 2.75) is 18.4 Å². The second-order valence-corrected chi connectivity index (χ2v) is 5.05. The van der Waals surface area contributed by atoms with Crippen molar-refractivity contribution in [2.24, 2.45) is 0 Å². The molecule has 0 amide bonds. The Kier molecular flexibility index (Phi) is 5.30. The maximum absolute atomic E-state index is 5.06. The van der Waals surface area contributed by atoms with Gasteiger partial charge in [-0.05, 0) is 24.6 Å². The molecule has 0 N–H and O–H groups in total. The number of hydrogen-bond donors (Lipinski definition) is 0. The lowest BCUT2D eigenvalue weighted by molar-refractivity contribution is 0.218. The summed E-state index contributed by atoms with van der Waals surface area (Å²) >= 11 is 1.68. The smallest absolute Gasteiger partial charge is 0.179 e. The Balaban J connectivity index is 2.26. The van der Waals surface area contributed by atoms with E-state index in [-0.39, 0.29) is 0 Å². The van der Waals surface area contributed by atoms with Gasteiger partial charge in [-0.25, -0.2) is 9.97 Å². The van der Waals surface area contributed by atoms with Crippen molar-refractivity contribution >= 4 is 11.8 Å². The molecule has 0 bridgehead atoms. The average Bonchev–Trinajstić information content (AvgIpc) is 2.48. The minimum atomic E-state index is 0.694. The average molecular weight is 275 g/mol. The van der Waals surface area contributed by atoms with Crippen LogP contribution < -0.4 is 0 Å². The molecule has 4 nitrogen and oxygen atoms in total. The molecule has 2 rings (SSSR count). The van der Waals surface area contributed by atoms with Gasteiger partial charge in [-0.1, -0.05) is 13.0 Å². The Bertz CT molecular complexity index is 519. The summed E-state index contributed by atoms with van der Waals surface area (Å²) in [5.41, 5.74) is 1.85. The van der Waals surface area contributed by atoms with Crippen LogP contribution in [-0.4, -0.2) is 34.4 Å². The third-order valence-electron chi connectivity index (χ3n) is 2.55. The first-order chi connectivity index (χ1) is 9.33. The predicted octanol–water partition coefficient (Wildman–Crippen LogP) is 2.84. The van der Waals surface area contributed by atoms with Gasteiger partial charge in [0.1, 0.15) is 10.7 Å². The molecule has 0 unspecified atom stereocenters. The highest BCUT2D eigenvalue weighted by molar-refractivity contribution is 7.99. The molecular formula is C14H17N3OS. The van der Waals surface area contributed by atoms with Crippen LogP contribution in [0.4, 0.5) is 0 Å². The highest BCUT2D eigenvalue weighted by Crippen LogP contribution is 2.20. The Morgan fingerprint density at radius 1 is 1.26 bits per heavy atom.